The Labute approximate surface area is 277 Å². The van der Waals surface area contributed by atoms with Crippen LogP contribution in [0.3, 0.4) is 0 Å². The minimum atomic E-state index is -4.60. The van der Waals surface area contributed by atoms with Crippen molar-refractivity contribution in [1.29, 1.82) is 0 Å². The molecule has 254 valence electrons. The van der Waals surface area contributed by atoms with Crippen molar-refractivity contribution in [3.05, 3.63) is 94.8 Å². The molecule has 0 unspecified atom stereocenters. The Kier molecular flexibility index (Phi) is 11.8. The van der Waals surface area contributed by atoms with Gasteiger partial charge in [0.2, 0.25) is 0 Å². The second kappa shape index (κ2) is 15.6. The number of halogens is 3. The van der Waals surface area contributed by atoms with E-state index in [0.29, 0.717) is 43.7 Å². The Morgan fingerprint density at radius 3 is 2.38 bits per heavy atom. The quantitative estimate of drug-likeness (QED) is 0.137. The van der Waals surface area contributed by atoms with Crippen molar-refractivity contribution >= 4 is 20.2 Å². The number of nitrogens with one attached hydrogen (secondary N) is 1. The van der Waals surface area contributed by atoms with Crippen LogP contribution in [0.4, 0.5) is 18.9 Å². The number of unbranched alkanes of at least 4 members (excludes halogenated alkanes) is 2. The third kappa shape index (κ3) is 8.07. The fourth-order valence-corrected chi connectivity index (χ4v) is 8.40. The first-order chi connectivity index (χ1) is 22.6. The first kappa shape index (κ1) is 35.5. The third-order valence-corrected chi connectivity index (χ3v) is 11.1. The zero-order valence-electron chi connectivity index (χ0n) is 27.6. The number of alkyl halides is 3. The Morgan fingerprint density at radius 2 is 1.72 bits per heavy atom. The van der Waals surface area contributed by atoms with E-state index in [1.54, 1.807) is 18.3 Å². The van der Waals surface area contributed by atoms with Gasteiger partial charge >= 0.3 is 14.8 Å². The number of carbonyl (C=O) groups excluding carboxylic acids is 1. The number of aryl methyl sites for hydroxylation is 2. The minimum absolute atomic E-state index is 0.168. The first-order valence-corrected chi connectivity index (χ1v) is 17.9. The van der Waals surface area contributed by atoms with Crippen molar-refractivity contribution in [1.82, 2.24) is 4.98 Å². The predicted molar refractivity (Wildman–Crippen MR) is 179 cm³/mol. The lowest BCUT2D eigenvalue weighted by atomic mass is 9.52. The molecule has 2 aromatic carbocycles. The van der Waals surface area contributed by atoms with E-state index >= 15 is 13.2 Å². The highest BCUT2D eigenvalue weighted by atomic mass is 31.2. The van der Waals surface area contributed by atoms with Crippen LogP contribution >= 0.6 is 8.60 Å². The van der Waals surface area contributed by atoms with Gasteiger partial charge in [-0.15, -0.1) is 0 Å². The first-order valence-electron chi connectivity index (χ1n) is 16.8. The highest BCUT2D eigenvalue weighted by Gasteiger charge is 2.64. The van der Waals surface area contributed by atoms with Gasteiger partial charge in [0.05, 0.1) is 24.6 Å². The molecule has 0 aliphatic heterocycles. The minimum Gasteiger partial charge on any atom is -0.320 e. The fourth-order valence-electron chi connectivity index (χ4n) is 7.11. The molecule has 0 radical (unpaired) electrons. The van der Waals surface area contributed by atoms with Gasteiger partial charge in [0, 0.05) is 17.2 Å². The van der Waals surface area contributed by atoms with Gasteiger partial charge in [-0.1, -0.05) is 63.1 Å². The van der Waals surface area contributed by atoms with E-state index < -0.39 is 25.8 Å². The summed E-state index contributed by atoms with van der Waals surface area (Å²) in [5, 5.41) is 2.96. The SMILES string of the molecule is CCCCOP(OCCCC)O[C@]1(C(F)(F)F)CC[C@@]2(Cc3ccccc3)c3ccc(C(=O)Nc4cccnc4C)cc3CC[C@@H]2C1. The largest absolute Gasteiger partial charge is 0.417 e. The summed E-state index contributed by atoms with van der Waals surface area (Å²) in [4.78, 5) is 17.5. The number of anilines is 1. The van der Waals surface area contributed by atoms with E-state index in [2.05, 4.69) is 10.3 Å². The van der Waals surface area contributed by atoms with Crippen LogP contribution < -0.4 is 5.32 Å². The van der Waals surface area contributed by atoms with Gasteiger partial charge in [0.1, 0.15) is 0 Å². The van der Waals surface area contributed by atoms with E-state index in [0.717, 1.165) is 48.1 Å². The van der Waals surface area contributed by atoms with Crippen molar-refractivity contribution in [2.24, 2.45) is 5.92 Å². The Morgan fingerprint density at radius 1 is 1.00 bits per heavy atom. The molecule has 1 fully saturated rings. The van der Waals surface area contributed by atoms with E-state index in [1.807, 2.05) is 69.3 Å². The number of benzene rings is 2. The predicted octanol–water partition coefficient (Wildman–Crippen LogP) is 10.0. The molecule has 0 spiro atoms. The summed E-state index contributed by atoms with van der Waals surface area (Å²) in [7, 11) is -2.17. The second-order valence-electron chi connectivity index (χ2n) is 12.9. The molecule has 3 atom stereocenters. The number of nitrogens with zero attached hydrogens (tertiary/aromatic N) is 1. The summed E-state index contributed by atoms with van der Waals surface area (Å²) in [6.07, 6.45) is 1.90. The summed E-state index contributed by atoms with van der Waals surface area (Å²) in [5.74, 6) is -0.540. The molecule has 3 aromatic rings. The van der Waals surface area contributed by atoms with Crippen LogP contribution in [0.2, 0.25) is 0 Å². The molecule has 0 bridgehead atoms. The summed E-state index contributed by atoms with van der Waals surface area (Å²) >= 11 is 0. The number of aromatic nitrogens is 1. The summed E-state index contributed by atoms with van der Waals surface area (Å²) < 4.78 is 63.3. The summed E-state index contributed by atoms with van der Waals surface area (Å²) in [5.41, 5.74) is 2.10. The maximum Gasteiger partial charge on any atom is 0.417 e. The van der Waals surface area contributed by atoms with Gasteiger partial charge in [-0.05, 0) is 105 Å². The van der Waals surface area contributed by atoms with Crippen LogP contribution in [-0.2, 0) is 31.8 Å². The molecule has 47 heavy (non-hydrogen) atoms. The molecule has 10 heteroatoms. The molecule has 1 heterocycles. The van der Waals surface area contributed by atoms with Gasteiger partial charge in [0.15, 0.2) is 5.60 Å². The summed E-state index contributed by atoms with van der Waals surface area (Å²) in [6, 6.07) is 19.3. The highest BCUT2D eigenvalue weighted by molar-refractivity contribution is 7.41. The third-order valence-electron chi connectivity index (χ3n) is 9.77. The van der Waals surface area contributed by atoms with Crippen molar-refractivity contribution in [2.45, 2.75) is 102 Å². The highest BCUT2D eigenvalue weighted by Crippen LogP contribution is 2.62. The average molecular weight is 671 g/mol. The molecule has 6 nitrogen and oxygen atoms in total. The number of hydrogen-bond acceptors (Lipinski definition) is 5. The number of hydrogen-bond donors (Lipinski definition) is 1. The van der Waals surface area contributed by atoms with Crippen LogP contribution in [0.25, 0.3) is 0 Å². The number of carbonyl (C=O) groups is 1. The smallest absolute Gasteiger partial charge is 0.320 e. The molecule has 1 saturated carbocycles. The van der Waals surface area contributed by atoms with Crippen LogP contribution in [0, 0.1) is 12.8 Å². The van der Waals surface area contributed by atoms with E-state index in [1.165, 1.54) is 0 Å². The zero-order valence-corrected chi connectivity index (χ0v) is 28.5. The Balaban J connectivity index is 1.47. The van der Waals surface area contributed by atoms with Gasteiger partial charge in [0.25, 0.3) is 5.91 Å². The molecule has 0 saturated heterocycles. The van der Waals surface area contributed by atoms with Gasteiger partial charge in [-0.3, -0.25) is 14.3 Å². The molecule has 5 rings (SSSR count). The topological polar surface area (TPSA) is 69.7 Å². The number of pyridine rings is 1. The maximum atomic E-state index is 15.2. The van der Waals surface area contributed by atoms with Crippen molar-refractivity contribution < 1.29 is 31.5 Å². The molecule has 2 aliphatic carbocycles. The standard InChI is InChI=1S/C37H46F3N2O4P/c1-4-6-22-44-47(45-23-7-5-2)46-36(37(38,39)40)20-19-35(25-28-12-9-8-10-13-28)31(26-36)17-15-29-24-30(16-18-32(29)35)34(43)42-33-14-11-21-41-27(33)3/h8-14,16,18,21,24,31H,4-7,15,17,19-20,22-23,25-26H2,1-3H3,(H,42,43)/t31-,35+,36-/m1/s1. The lowest BCUT2D eigenvalue weighted by molar-refractivity contribution is -0.271. The van der Waals surface area contributed by atoms with Crippen LogP contribution in [0.5, 0.6) is 0 Å². The van der Waals surface area contributed by atoms with Gasteiger partial charge in [-0.2, -0.15) is 13.2 Å². The normalized spacial score (nSPS) is 22.5. The van der Waals surface area contributed by atoms with Gasteiger partial charge in [-0.25, -0.2) is 0 Å². The molecular formula is C37H46F3N2O4P. The van der Waals surface area contributed by atoms with E-state index in [9.17, 15) is 4.79 Å². The number of fused-ring (bicyclic) bond motifs is 3. The Bertz CT molecular complexity index is 1480. The van der Waals surface area contributed by atoms with E-state index in [-0.39, 0.29) is 31.1 Å². The van der Waals surface area contributed by atoms with Crippen LogP contribution in [0.15, 0.2) is 66.9 Å². The van der Waals surface area contributed by atoms with Crippen LogP contribution in [0.1, 0.15) is 98.0 Å². The van der Waals surface area contributed by atoms with Gasteiger partial charge < -0.3 is 14.4 Å². The monoisotopic (exact) mass is 670 g/mol. The van der Waals surface area contributed by atoms with Crippen molar-refractivity contribution in [3.63, 3.8) is 0 Å². The average Bonchev–Trinajstić information content (AvgIpc) is 3.06. The molecule has 2 aliphatic rings. The molecular weight excluding hydrogens is 624 g/mol. The maximum absolute atomic E-state index is 15.2. The summed E-state index contributed by atoms with van der Waals surface area (Å²) in [6.45, 7) is 6.45. The molecule has 1 aromatic heterocycles. The second-order valence-corrected chi connectivity index (χ2v) is 14.0. The lowest BCUT2D eigenvalue weighted by Gasteiger charge is -2.55. The lowest BCUT2D eigenvalue weighted by Crippen LogP contribution is -2.57. The molecule has 1 N–H and O–H groups in total. The molecule has 1 amide bonds. The Hall–Kier alpha value is -2.84. The fraction of sp³-hybridized carbons (Fsp3) is 0.514. The van der Waals surface area contributed by atoms with Crippen molar-refractivity contribution in [2.75, 3.05) is 18.5 Å². The zero-order chi connectivity index (χ0) is 33.5. The van der Waals surface area contributed by atoms with E-state index in [4.69, 9.17) is 13.6 Å². The number of amides is 1. The van der Waals surface area contributed by atoms with Crippen LogP contribution in [-0.4, -0.2) is 35.9 Å². The van der Waals surface area contributed by atoms with Crippen molar-refractivity contribution in [3.8, 4) is 0 Å². The number of rotatable bonds is 14.